The normalized spacial score (nSPS) is 18.5. The summed E-state index contributed by atoms with van der Waals surface area (Å²) in [6.45, 7) is 0.499. The molecule has 1 aliphatic rings. The van der Waals surface area contributed by atoms with E-state index in [1.165, 1.54) is 5.56 Å². The van der Waals surface area contributed by atoms with Gasteiger partial charge >= 0.3 is 0 Å². The van der Waals surface area contributed by atoms with Crippen LogP contribution in [-0.2, 0) is 13.5 Å². The van der Waals surface area contributed by atoms with Gasteiger partial charge < -0.3 is 9.47 Å². The van der Waals surface area contributed by atoms with Crippen molar-refractivity contribution in [3.8, 4) is 11.5 Å². The van der Waals surface area contributed by atoms with Gasteiger partial charge in [0.25, 0.3) is 0 Å². The third-order valence-electron chi connectivity index (χ3n) is 3.70. The molecule has 3 N–H and O–H groups in total. The van der Waals surface area contributed by atoms with Crippen molar-refractivity contribution < 1.29 is 9.47 Å². The van der Waals surface area contributed by atoms with Crippen LogP contribution in [0.4, 0.5) is 0 Å². The number of hydrazine groups is 1. The van der Waals surface area contributed by atoms with Gasteiger partial charge in [-0.2, -0.15) is 5.10 Å². The smallest absolute Gasteiger partial charge is 0.161 e. The molecule has 2 aromatic rings. The molecule has 6 nitrogen and oxygen atoms in total. The van der Waals surface area contributed by atoms with Crippen LogP contribution in [0.1, 0.15) is 12.0 Å². The fraction of sp³-hybridized carbons (Fsp3) is 0.400. The van der Waals surface area contributed by atoms with Gasteiger partial charge in [0.2, 0.25) is 0 Å². The predicted octanol–water partition coefficient (Wildman–Crippen LogP) is 1.02. The number of benzene rings is 1. The molecule has 112 valence electrons. The van der Waals surface area contributed by atoms with E-state index in [0.717, 1.165) is 24.3 Å². The van der Waals surface area contributed by atoms with Crippen molar-refractivity contribution >= 4 is 0 Å². The zero-order chi connectivity index (χ0) is 14.7. The Hall–Kier alpha value is -2.05. The first kappa shape index (κ1) is 13.9. The van der Waals surface area contributed by atoms with E-state index in [-0.39, 0.29) is 12.1 Å². The molecule has 0 saturated carbocycles. The molecular formula is C15H20N4O2. The average molecular weight is 288 g/mol. The summed E-state index contributed by atoms with van der Waals surface area (Å²) < 4.78 is 13.5. The highest BCUT2D eigenvalue weighted by Crippen LogP contribution is 2.31. The summed E-state index contributed by atoms with van der Waals surface area (Å²) in [4.78, 5) is 0. The van der Waals surface area contributed by atoms with Crippen molar-refractivity contribution in [1.29, 1.82) is 0 Å². The van der Waals surface area contributed by atoms with Crippen molar-refractivity contribution in [2.45, 2.75) is 25.0 Å². The molecule has 3 rings (SSSR count). The van der Waals surface area contributed by atoms with E-state index < -0.39 is 0 Å². The number of nitrogens with zero attached hydrogens (tertiary/aromatic N) is 2. The SMILES string of the molecule is Cn1cc(CCC(NN)C2COc3ccccc3O2)cn1. The molecule has 0 spiro atoms. The Balaban J connectivity index is 1.62. The van der Waals surface area contributed by atoms with Gasteiger partial charge in [-0.3, -0.25) is 16.0 Å². The van der Waals surface area contributed by atoms with Gasteiger partial charge in [-0.15, -0.1) is 0 Å². The largest absolute Gasteiger partial charge is 0.486 e. The minimum atomic E-state index is -0.0958. The van der Waals surface area contributed by atoms with Crippen LogP contribution in [0.3, 0.4) is 0 Å². The number of rotatable bonds is 5. The molecule has 0 aliphatic carbocycles. The van der Waals surface area contributed by atoms with E-state index in [4.69, 9.17) is 15.3 Å². The average Bonchev–Trinajstić information content (AvgIpc) is 2.93. The van der Waals surface area contributed by atoms with Crippen LogP contribution < -0.4 is 20.7 Å². The molecule has 1 aliphatic heterocycles. The van der Waals surface area contributed by atoms with Crippen LogP contribution in [0.25, 0.3) is 0 Å². The maximum absolute atomic E-state index is 5.99. The van der Waals surface area contributed by atoms with Crippen molar-refractivity contribution in [2.75, 3.05) is 6.61 Å². The minimum absolute atomic E-state index is 0.0264. The zero-order valence-electron chi connectivity index (χ0n) is 12.0. The monoisotopic (exact) mass is 288 g/mol. The van der Waals surface area contributed by atoms with E-state index >= 15 is 0 Å². The van der Waals surface area contributed by atoms with Crippen LogP contribution >= 0.6 is 0 Å². The van der Waals surface area contributed by atoms with Crippen molar-refractivity contribution in [1.82, 2.24) is 15.2 Å². The summed E-state index contributed by atoms with van der Waals surface area (Å²) in [6, 6.07) is 7.72. The second kappa shape index (κ2) is 6.15. The molecule has 0 fully saturated rings. The lowest BCUT2D eigenvalue weighted by atomic mass is 10.0. The van der Waals surface area contributed by atoms with E-state index in [1.807, 2.05) is 43.7 Å². The molecule has 0 radical (unpaired) electrons. The second-order valence-electron chi connectivity index (χ2n) is 5.25. The number of aromatic nitrogens is 2. The Labute approximate surface area is 123 Å². The lowest BCUT2D eigenvalue weighted by Gasteiger charge is -2.31. The summed E-state index contributed by atoms with van der Waals surface area (Å²) in [5.74, 6) is 7.25. The van der Waals surface area contributed by atoms with Crippen LogP contribution in [0.2, 0.25) is 0 Å². The molecule has 0 bridgehead atoms. The van der Waals surface area contributed by atoms with Crippen LogP contribution in [0, 0.1) is 0 Å². The number of hydrogen-bond donors (Lipinski definition) is 2. The Bertz CT molecular complexity index is 599. The minimum Gasteiger partial charge on any atom is -0.486 e. The summed E-state index contributed by atoms with van der Waals surface area (Å²) in [7, 11) is 1.91. The summed E-state index contributed by atoms with van der Waals surface area (Å²) >= 11 is 0. The molecule has 1 aromatic carbocycles. The third-order valence-corrected chi connectivity index (χ3v) is 3.70. The highest BCUT2D eigenvalue weighted by Gasteiger charge is 2.28. The molecular weight excluding hydrogens is 268 g/mol. The van der Waals surface area contributed by atoms with E-state index in [9.17, 15) is 0 Å². The standard InChI is InChI=1S/C15H20N4O2/c1-19-9-11(8-17-19)6-7-12(18-16)15-10-20-13-4-2-3-5-14(13)21-15/h2-5,8-9,12,15,18H,6-7,10,16H2,1H3. The molecule has 2 atom stereocenters. The van der Waals surface area contributed by atoms with Gasteiger partial charge in [0.1, 0.15) is 12.7 Å². The van der Waals surface area contributed by atoms with Crippen LogP contribution in [0.15, 0.2) is 36.7 Å². The van der Waals surface area contributed by atoms with Gasteiger partial charge in [0.15, 0.2) is 11.5 Å². The molecule has 6 heteroatoms. The van der Waals surface area contributed by atoms with Gasteiger partial charge in [0.05, 0.1) is 12.2 Å². The number of ether oxygens (including phenoxy) is 2. The lowest BCUT2D eigenvalue weighted by molar-refractivity contribution is 0.0596. The highest BCUT2D eigenvalue weighted by molar-refractivity contribution is 5.40. The highest BCUT2D eigenvalue weighted by atomic mass is 16.6. The van der Waals surface area contributed by atoms with Crippen molar-refractivity contribution in [3.05, 3.63) is 42.2 Å². The van der Waals surface area contributed by atoms with E-state index in [1.54, 1.807) is 4.68 Å². The van der Waals surface area contributed by atoms with E-state index in [0.29, 0.717) is 6.61 Å². The Morgan fingerprint density at radius 3 is 2.95 bits per heavy atom. The first-order chi connectivity index (χ1) is 10.3. The zero-order valence-corrected chi connectivity index (χ0v) is 12.0. The Morgan fingerprint density at radius 2 is 2.24 bits per heavy atom. The number of nitrogens with one attached hydrogen (secondary N) is 1. The molecule has 2 unspecified atom stereocenters. The topological polar surface area (TPSA) is 74.3 Å². The quantitative estimate of drug-likeness (QED) is 0.635. The summed E-state index contributed by atoms with van der Waals surface area (Å²) in [5, 5.41) is 4.17. The molecule has 2 heterocycles. The number of nitrogens with two attached hydrogens (primary N) is 1. The van der Waals surface area contributed by atoms with Crippen LogP contribution in [0.5, 0.6) is 11.5 Å². The van der Waals surface area contributed by atoms with E-state index in [2.05, 4.69) is 10.5 Å². The predicted molar refractivity (Wildman–Crippen MR) is 79.0 cm³/mol. The van der Waals surface area contributed by atoms with Crippen molar-refractivity contribution in [2.24, 2.45) is 12.9 Å². The third kappa shape index (κ3) is 3.17. The fourth-order valence-electron chi connectivity index (χ4n) is 2.53. The second-order valence-corrected chi connectivity index (χ2v) is 5.25. The summed E-state index contributed by atoms with van der Waals surface area (Å²) in [5.41, 5.74) is 4.04. The number of fused-ring (bicyclic) bond motifs is 1. The van der Waals surface area contributed by atoms with Crippen molar-refractivity contribution in [3.63, 3.8) is 0 Å². The summed E-state index contributed by atoms with van der Waals surface area (Å²) in [6.07, 6.45) is 5.55. The van der Waals surface area contributed by atoms with Crippen LogP contribution in [-0.4, -0.2) is 28.5 Å². The lowest BCUT2D eigenvalue weighted by Crippen LogP contribution is -2.50. The van der Waals surface area contributed by atoms with Gasteiger partial charge in [-0.1, -0.05) is 12.1 Å². The first-order valence-electron chi connectivity index (χ1n) is 7.08. The van der Waals surface area contributed by atoms with Gasteiger partial charge in [-0.05, 0) is 30.5 Å². The number of aryl methyl sites for hydroxylation is 2. The molecule has 0 amide bonds. The van der Waals surface area contributed by atoms with Gasteiger partial charge in [0, 0.05) is 13.2 Å². The van der Waals surface area contributed by atoms with Gasteiger partial charge in [-0.25, -0.2) is 0 Å². The molecule has 1 aromatic heterocycles. The number of para-hydroxylation sites is 2. The Morgan fingerprint density at radius 1 is 1.43 bits per heavy atom. The molecule has 21 heavy (non-hydrogen) atoms. The Kier molecular flexibility index (Phi) is 4.08. The maximum atomic E-state index is 5.99. The fourth-order valence-corrected chi connectivity index (χ4v) is 2.53. The maximum Gasteiger partial charge on any atom is 0.161 e. The molecule has 0 saturated heterocycles. The number of hydrogen-bond acceptors (Lipinski definition) is 5. The first-order valence-corrected chi connectivity index (χ1v) is 7.08.